The number of hydrogen-bond donors (Lipinski definition) is 0. The molecule has 7 heteroatoms. The molecular weight excluding hydrogens is 416 g/mol. The molecule has 2 saturated heterocycles. The number of anilines is 1. The Hall–Kier alpha value is -3.61. The molecule has 0 bridgehead atoms. The van der Waals surface area contributed by atoms with Gasteiger partial charge in [-0.25, -0.2) is 9.78 Å². The number of carbonyl (C=O) groups excluding carboxylic acids is 2. The van der Waals surface area contributed by atoms with Crippen molar-refractivity contribution in [2.24, 2.45) is 0 Å². The summed E-state index contributed by atoms with van der Waals surface area (Å²) < 4.78 is 7.96. The van der Waals surface area contributed by atoms with E-state index in [9.17, 15) is 9.59 Å². The number of aryl methyl sites for hydroxylation is 1. The Labute approximate surface area is 193 Å². The van der Waals surface area contributed by atoms with E-state index >= 15 is 0 Å². The highest BCUT2D eigenvalue weighted by molar-refractivity contribution is 5.96. The van der Waals surface area contributed by atoms with Crippen molar-refractivity contribution < 1.29 is 14.3 Å². The maximum absolute atomic E-state index is 13.5. The first kappa shape index (κ1) is 21.2. The van der Waals surface area contributed by atoms with Gasteiger partial charge in [0, 0.05) is 49.7 Å². The SMILES string of the molecule is Cc1nccn1Cc1ccccc1C(=O)N1CCC[C@]2(CC1)CN(c1ccccc1)C(=O)O2. The summed E-state index contributed by atoms with van der Waals surface area (Å²) in [7, 11) is 0. The van der Waals surface area contributed by atoms with Gasteiger partial charge in [0.25, 0.3) is 5.91 Å². The summed E-state index contributed by atoms with van der Waals surface area (Å²) in [4.78, 5) is 34.1. The molecule has 0 saturated carbocycles. The molecule has 1 atom stereocenters. The fraction of sp³-hybridized carbons (Fsp3) is 0.346. The van der Waals surface area contributed by atoms with Crippen LogP contribution in [-0.2, 0) is 11.3 Å². The minimum Gasteiger partial charge on any atom is -0.441 e. The molecule has 0 aliphatic carbocycles. The van der Waals surface area contributed by atoms with Gasteiger partial charge in [0.05, 0.1) is 6.54 Å². The lowest BCUT2D eigenvalue weighted by Crippen LogP contribution is -2.37. The van der Waals surface area contributed by atoms with E-state index in [0.29, 0.717) is 32.6 Å². The Kier molecular flexibility index (Phi) is 5.62. The second-order valence-electron chi connectivity index (χ2n) is 8.88. The van der Waals surface area contributed by atoms with Crippen molar-refractivity contribution in [1.82, 2.24) is 14.5 Å². The molecular formula is C26H28N4O3. The van der Waals surface area contributed by atoms with Crippen LogP contribution in [0.1, 0.15) is 41.0 Å². The summed E-state index contributed by atoms with van der Waals surface area (Å²) in [5.74, 6) is 0.949. The van der Waals surface area contributed by atoms with E-state index in [0.717, 1.165) is 35.5 Å². The first-order chi connectivity index (χ1) is 16.0. The fourth-order valence-corrected chi connectivity index (χ4v) is 4.85. The average Bonchev–Trinajstić information content (AvgIpc) is 3.31. The third kappa shape index (κ3) is 4.23. The third-order valence-electron chi connectivity index (χ3n) is 6.74. The minimum atomic E-state index is -0.546. The fourth-order valence-electron chi connectivity index (χ4n) is 4.85. The standard InChI is InChI=1S/C26H28N4O3/c1-20-27-14-17-29(20)18-21-8-5-6-11-23(21)24(31)28-15-7-12-26(13-16-28)19-30(25(32)33-26)22-9-3-2-4-10-22/h2-6,8-11,14,17H,7,12-13,15-16,18-19H2,1H3/t26-/m0/s1. The highest BCUT2D eigenvalue weighted by atomic mass is 16.6. The van der Waals surface area contributed by atoms with Crippen molar-refractivity contribution in [2.45, 2.75) is 38.3 Å². The number of hydrogen-bond acceptors (Lipinski definition) is 4. The van der Waals surface area contributed by atoms with Gasteiger partial charge in [0.15, 0.2) is 0 Å². The van der Waals surface area contributed by atoms with Crippen molar-refractivity contribution in [1.29, 1.82) is 0 Å². The molecule has 3 aromatic rings. The van der Waals surface area contributed by atoms with E-state index in [2.05, 4.69) is 4.98 Å². The quantitative estimate of drug-likeness (QED) is 0.603. The third-order valence-corrected chi connectivity index (χ3v) is 6.74. The molecule has 2 amide bonds. The number of benzene rings is 2. The largest absolute Gasteiger partial charge is 0.441 e. The van der Waals surface area contributed by atoms with Crippen molar-refractivity contribution >= 4 is 17.7 Å². The number of aromatic nitrogens is 2. The highest BCUT2D eigenvalue weighted by Crippen LogP contribution is 2.36. The van der Waals surface area contributed by atoms with Gasteiger partial charge in [0.1, 0.15) is 11.4 Å². The Bertz CT molecular complexity index is 1160. The molecule has 0 radical (unpaired) electrons. The van der Waals surface area contributed by atoms with E-state index in [-0.39, 0.29) is 12.0 Å². The second-order valence-corrected chi connectivity index (χ2v) is 8.88. The predicted molar refractivity (Wildman–Crippen MR) is 125 cm³/mol. The molecule has 2 aliphatic rings. The van der Waals surface area contributed by atoms with Crippen LogP contribution in [-0.4, -0.2) is 51.7 Å². The molecule has 7 nitrogen and oxygen atoms in total. The van der Waals surface area contributed by atoms with Crippen LogP contribution in [0.5, 0.6) is 0 Å². The van der Waals surface area contributed by atoms with Crippen molar-refractivity contribution in [3.05, 3.63) is 83.9 Å². The number of ether oxygens (including phenoxy) is 1. The van der Waals surface area contributed by atoms with Gasteiger partial charge in [-0.1, -0.05) is 36.4 Å². The molecule has 170 valence electrons. The Morgan fingerprint density at radius 2 is 1.85 bits per heavy atom. The van der Waals surface area contributed by atoms with Gasteiger partial charge in [0.2, 0.25) is 0 Å². The summed E-state index contributed by atoms with van der Waals surface area (Å²) >= 11 is 0. The summed E-state index contributed by atoms with van der Waals surface area (Å²) in [6.07, 6.45) is 5.58. The monoisotopic (exact) mass is 444 g/mol. The molecule has 2 fully saturated rings. The lowest BCUT2D eigenvalue weighted by molar-refractivity contribution is 0.0438. The first-order valence-corrected chi connectivity index (χ1v) is 11.5. The van der Waals surface area contributed by atoms with E-state index < -0.39 is 5.60 Å². The number of carbonyl (C=O) groups is 2. The van der Waals surface area contributed by atoms with Crippen molar-refractivity contribution in [2.75, 3.05) is 24.5 Å². The van der Waals surface area contributed by atoms with Gasteiger partial charge in [-0.2, -0.15) is 0 Å². The maximum atomic E-state index is 13.5. The smallest absolute Gasteiger partial charge is 0.415 e. The summed E-state index contributed by atoms with van der Waals surface area (Å²) in [6.45, 7) is 4.30. The molecule has 5 rings (SSSR count). The molecule has 1 spiro atoms. The molecule has 2 aromatic carbocycles. The average molecular weight is 445 g/mol. The van der Waals surface area contributed by atoms with Crippen LogP contribution in [0.25, 0.3) is 0 Å². The topological polar surface area (TPSA) is 67.7 Å². The molecule has 33 heavy (non-hydrogen) atoms. The predicted octanol–water partition coefficient (Wildman–Crippen LogP) is 4.26. The second kappa shape index (κ2) is 8.73. The maximum Gasteiger partial charge on any atom is 0.415 e. The van der Waals surface area contributed by atoms with Crippen LogP contribution in [0.3, 0.4) is 0 Å². The van der Waals surface area contributed by atoms with Crippen molar-refractivity contribution in [3.63, 3.8) is 0 Å². The first-order valence-electron chi connectivity index (χ1n) is 11.5. The van der Waals surface area contributed by atoms with Gasteiger partial charge >= 0.3 is 6.09 Å². The van der Waals surface area contributed by atoms with Gasteiger partial charge in [-0.3, -0.25) is 9.69 Å². The Balaban J connectivity index is 1.31. The Morgan fingerprint density at radius 3 is 2.64 bits per heavy atom. The van der Waals surface area contributed by atoms with Gasteiger partial charge < -0.3 is 14.2 Å². The van der Waals surface area contributed by atoms with E-state index in [4.69, 9.17) is 4.74 Å². The van der Waals surface area contributed by atoms with Crippen LogP contribution in [0.2, 0.25) is 0 Å². The number of nitrogens with zero attached hydrogens (tertiary/aromatic N) is 4. The molecule has 0 N–H and O–H groups in total. The molecule has 2 aliphatic heterocycles. The highest BCUT2D eigenvalue weighted by Gasteiger charge is 2.46. The van der Waals surface area contributed by atoms with Crippen LogP contribution in [0.15, 0.2) is 67.0 Å². The Morgan fingerprint density at radius 1 is 1.06 bits per heavy atom. The normalized spacial score (nSPS) is 20.7. The summed E-state index contributed by atoms with van der Waals surface area (Å²) in [6, 6.07) is 17.4. The summed E-state index contributed by atoms with van der Waals surface area (Å²) in [5, 5.41) is 0. The minimum absolute atomic E-state index is 0.0321. The number of rotatable bonds is 4. The zero-order valence-electron chi connectivity index (χ0n) is 18.8. The number of imidazole rings is 1. The number of likely N-dealkylation sites (tertiary alicyclic amines) is 1. The molecule has 0 unspecified atom stereocenters. The van der Waals surface area contributed by atoms with Crippen LogP contribution in [0, 0.1) is 6.92 Å². The zero-order valence-corrected chi connectivity index (χ0v) is 18.8. The van der Waals surface area contributed by atoms with Crippen LogP contribution < -0.4 is 4.90 Å². The molecule has 3 heterocycles. The van der Waals surface area contributed by atoms with E-state index in [1.807, 2.05) is 77.2 Å². The number of amides is 2. The van der Waals surface area contributed by atoms with Crippen molar-refractivity contribution in [3.8, 4) is 0 Å². The van der Waals surface area contributed by atoms with E-state index in [1.165, 1.54) is 0 Å². The summed E-state index contributed by atoms with van der Waals surface area (Å²) in [5.41, 5.74) is 2.00. The van der Waals surface area contributed by atoms with Gasteiger partial charge in [-0.05, 0) is 43.5 Å². The van der Waals surface area contributed by atoms with Crippen LogP contribution in [0.4, 0.5) is 10.5 Å². The van der Waals surface area contributed by atoms with Crippen LogP contribution >= 0.6 is 0 Å². The lowest BCUT2D eigenvalue weighted by Gasteiger charge is -2.26. The zero-order chi connectivity index (χ0) is 22.8. The van der Waals surface area contributed by atoms with Gasteiger partial charge in [-0.15, -0.1) is 0 Å². The lowest BCUT2D eigenvalue weighted by atomic mass is 9.95. The van der Waals surface area contributed by atoms with E-state index in [1.54, 1.807) is 11.1 Å². The molecule has 1 aromatic heterocycles. The number of para-hydroxylation sites is 1.